The van der Waals surface area contributed by atoms with Gasteiger partial charge in [-0.3, -0.25) is 0 Å². The van der Waals surface area contributed by atoms with Gasteiger partial charge in [-0.2, -0.15) is 0 Å². The Kier molecular flexibility index (Phi) is 5.98. The van der Waals surface area contributed by atoms with Crippen molar-refractivity contribution in [3.05, 3.63) is 21.7 Å². The Morgan fingerprint density at radius 2 is 2.03 bits per heavy atom. The van der Waals surface area contributed by atoms with Crippen LogP contribution in [0, 0.1) is 0 Å². The Morgan fingerprint density at radius 1 is 1.24 bits per heavy atom. The number of rotatable bonds is 2. The smallest absolute Gasteiger partial charge is 0.410 e. The minimum atomic E-state index is -0.480. The lowest BCUT2D eigenvalue weighted by atomic mass is 10.00. The van der Waals surface area contributed by atoms with Crippen molar-refractivity contribution >= 4 is 27.7 Å². The molecule has 1 aromatic carbocycles. The Morgan fingerprint density at radius 3 is 2.76 bits per heavy atom. The largest absolute Gasteiger partial charge is 0.490 e. The molecule has 0 aliphatic carbocycles. The standard InChI is InChI=1S/C22H31BrN2O4/c1-22(2,3)29-21(26)24-8-6-15-13-18-20(19(23)17(15)7-9-24)25(10-12-28-18)14-16-5-4-11-27-16/h13,16H,4-12,14H2,1-3H3/t16-/m1/s1. The highest BCUT2D eigenvalue weighted by Crippen LogP contribution is 2.43. The summed E-state index contributed by atoms with van der Waals surface area (Å²) in [6.07, 6.45) is 3.94. The summed E-state index contributed by atoms with van der Waals surface area (Å²) in [7, 11) is 0. The monoisotopic (exact) mass is 466 g/mol. The first-order valence-corrected chi connectivity index (χ1v) is 11.4. The molecule has 3 aliphatic rings. The number of carbonyl (C=O) groups excluding carboxylic acids is 1. The second kappa shape index (κ2) is 8.34. The molecule has 6 nitrogen and oxygen atoms in total. The Bertz CT molecular complexity index is 771. The van der Waals surface area contributed by atoms with Gasteiger partial charge in [0, 0.05) is 30.7 Å². The zero-order valence-electron chi connectivity index (χ0n) is 17.6. The Balaban J connectivity index is 1.55. The van der Waals surface area contributed by atoms with Crippen molar-refractivity contribution in [1.82, 2.24) is 4.90 Å². The third kappa shape index (κ3) is 4.66. The molecule has 0 bridgehead atoms. The molecule has 0 unspecified atom stereocenters. The topological polar surface area (TPSA) is 51.2 Å². The number of amides is 1. The molecular weight excluding hydrogens is 436 g/mol. The van der Waals surface area contributed by atoms with Gasteiger partial charge in [-0.15, -0.1) is 0 Å². The number of ether oxygens (including phenoxy) is 3. The van der Waals surface area contributed by atoms with Gasteiger partial charge in [-0.1, -0.05) is 0 Å². The molecule has 160 valence electrons. The quantitative estimate of drug-likeness (QED) is 0.654. The molecular formula is C22H31BrN2O4. The molecule has 7 heteroatoms. The summed E-state index contributed by atoms with van der Waals surface area (Å²) in [5.74, 6) is 0.936. The summed E-state index contributed by atoms with van der Waals surface area (Å²) < 4.78 is 18.6. The molecule has 29 heavy (non-hydrogen) atoms. The van der Waals surface area contributed by atoms with Crippen molar-refractivity contribution < 1.29 is 19.0 Å². The summed E-state index contributed by atoms with van der Waals surface area (Å²) >= 11 is 3.89. The van der Waals surface area contributed by atoms with Crippen molar-refractivity contribution in [2.45, 2.75) is 58.2 Å². The fraction of sp³-hybridized carbons (Fsp3) is 0.682. The van der Waals surface area contributed by atoms with E-state index in [2.05, 4.69) is 26.9 Å². The molecule has 1 amide bonds. The van der Waals surface area contributed by atoms with E-state index in [1.807, 2.05) is 25.7 Å². The van der Waals surface area contributed by atoms with Gasteiger partial charge < -0.3 is 24.0 Å². The molecule has 1 atom stereocenters. The number of hydrogen-bond donors (Lipinski definition) is 0. The number of nitrogens with zero attached hydrogens (tertiary/aromatic N) is 2. The molecule has 1 aromatic rings. The van der Waals surface area contributed by atoms with Crippen LogP contribution in [0.25, 0.3) is 0 Å². The molecule has 0 saturated carbocycles. The average Bonchev–Trinajstić information content (AvgIpc) is 3.05. The SMILES string of the molecule is CC(C)(C)OC(=O)N1CCc2cc3c(c(Br)c2CC1)N(C[C@H]1CCCO1)CCO3. The molecule has 0 radical (unpaired) electrons. The highest BCUT2D eigenvalue weighted by atomic mass is 79.9. The molecule has 0 aromatic heterocycles. The fourth-order valence-electron chi connectivity index (χ4n) is 4.32. The lowest BCUT2D eigenvalue weighted by Gasteiger charge is -2.35. The first-order valence-electron chi connectivity index (χ1n) is 10.6. The van der Waals surface area contributed by atoms with Crippen molar-refractivity contribution in [2.75, 3.05) is 44.3 Å². The van der Waals surface area contributed by atoms with Gasteiger partial charge in [0.1, 0.15) is 18.0 Å². The number of benzene rings is 1. The van der Waals surface area contributed by atoms with E-state index in [1.165, 1.54) is 11.1 Å². The van der Waals surface area contributed by atoms with Crippen LogP contribution in [0.1, 0.15) is 44.7 Å². The van der Waals surface area contributed by atoms with Gasteiger partial charge >= 0.3 is 6.09 Å². The highest BCUT2D eigenvalue weighted by Gasteiger charge is 2.30. The van der Waals surface area contributed by atoms with Crippen LogP contribution in [0.5, 0.6) is 5.75 Å². The van der Waals surface area contributed by atoms with Gasteiger partial charge in [0.25, 0.3) is 0 Å². The molecule has 0 spiro atoms. The maximum atomic E-state index is 12.5. The van der Waals surface area contributed by atoms with E-state index in [0.29, 0.717) is 25.8 Å². The van der Waals surface area contributed by atoms with Crippen LogP contribution < -0.4 is 9.64 Å². The van der Waals surface area contributed by atoms with Crippen LogP contribution in [0.15, 0.2) is 10.5 Å². The highest BCUT2D eigenvalue weighted by molar-refractivity contribution is 9.10. The molecule has 3 aliphatic heterocycles. The number of fused-ring (bicyclic) bond motifs is 2. The maximum Gasteiger partial charge on any atom is 0.410 e. The third-order valence-corrected chi connectivity index (χ3v) is 6.57. The van der Waals surface area contributed by atoms with Gasteiger partial charge in [-0.05, 0) is 79.6 Å². The Hall–Kier alpha value is -1.47. The van der Waals surface area contributed by atoms with E-state index < -0.39 is 5.60 Å². The van der Waals surface area contributed by atoms with E-state index in [1.54, 1.807) is 0 Å². The summed E-state index contributed by atoms with van der Waals surface area (Å²) in [5, 5.41) is 0. The number of anilines is 1. The predicted octanol–water partition coefficient (Wildman–Crippen LogP) is 4.16. The minimum Gasteiger partial charge on any atom is -0.490 e. The first-order chi connectivity index (χ1) is 13.8. The van der Waals surface area contributed by atoms with E-state index in [9.17, 15) is 4.79 Å². The summed E-state index contributed by atoms with van der Waals surface area (Å²) in [4.78, 5) is 16.8. The van der Waals surface area contributed by atoms with Crippen LogP contribution in [0.3, 0.4) is 0 Å². The molecule has 4 rings (SSSR count). The molecule has 3 heterocycles. The summed E-state index contributed by atoms with van der Waals surface area (Å²) in [6.45, 7) is 10.4. The van der Waals surface area contributed by atoms with Crippen LogP contribution in [-0.4, -0.2) is 62.1 Å². The zero-order valence-corrected chi connectivity index (χ0v) is 19.2. The molecule has 0 N–H and O–H groups in total. The van der Waals surface area contributed by atoms with Crippen LogP contribution in [-0.2, 0) is 22.3 Å². The lowest BCUT2D eigenvalue weighted by Crippen LogP contribution is -2.38. The van der Waals surface area contributed by atoms with E-state index in [-0.39, 0.29) is 6.09 Å². The second-order valence-corrected chi connectivity index (χ2v) is 9.86. The van der Waals surface area contributed by atoms with Gasteiger partial charge in [0.05, 0.1) is 18.3 Å². The number of carbonyl (C=O) groups is 1. The van der Waals surface area contributed by atoms with Gasteiger partial charge in [0.2, 0.25) is 0 Å². The molecule has 1 saturated heterocycles. The third-order valence-electron chi connectivity index (χ3n) is 5.72. The predicted molar refractivity (Wildman–Crippen MR) is 116 cm³/mol. The van der Waals surface area contributed by atoms with Crippen molar-refractivity contribution in [3.8, 4) is 5.75 Å². The maximum absolute atomic E-state index is 12.5. The van der Waals surface area contributed by atoms with Gasteiger partial charge in [0.15, 0.2) is 0 Å². The zero-order chi connectivity index (χ0) is 20.6. The number of halogens is 1. The van der Waals surface area contributed by atoms with E-state index in [0.717, 1.165) is 61.3 Å². The lowest BCUT2D eigenvalue weighted by molar-refractivity contribution is 0.0258. The van der Waals surface area contributed by atoms with Crippen LogP contribution in [0.4, 0.5) is 10.5 Å². The average molecular weight is 467 g/mol. The van der Waals surface area contributed by atoms with Crippen LogP contribution >= 0.6 is 15.9 Å². The minimum absolute atomic E-state index is 0.234. The van der Waals surface area contributed by atoms with Crippen molar-refractivity contribution in [1.29, 1.82) is 0 Å². The van der Waals surface area contributed by atoms with Crippen LogP contribution in [0.2, 0.25) is 0 Å². The second-order valence-electron chi connectivity index (χ2n) is 9.07. The van der Waals surface area contributed by atoms with Crippen molar-refractivity contribution in [3.63, 3.8) is 0 Å². The van der Waals surface area contributed by atoms with Gasteiger partial charge in [-0.25, -0.2) is 4.79 Å². The first kappa shape index (κ1) is 20.8. The Labute approximate surface area is 181 Å². The molecule has 1 fully saturated rings. The number of hydrogen-bond acceptors (Lipinski definition) is 5. The van der Waals surface area contributed by atoms with Crippen molar-refractivity contribution in [2.24, 2.45) is 0 Å². The van der Waals surface area contributed by atoms with E-state index >= 15 is 0 Å². The fourth-order valence-corrected chi connectivity index (χ4v) is 5.22. The summed E-state index contributed by atoms with van der Waals surface area (Å²) in [5.41, 5.74) is 3.18. The normalized spacial score (nSPS) is 21.9. The van der Waals surface area contributed by atoms with E-state index in [4.69, 9.17) is 14.2 Å². The summed E-state index contributed by atoms with van der Waals surface area (Å²) in [6, 6.07) is 2.18.